The number of rotatable bonds is 6. The maximum Gasteiger partial charge on any atom is 0.251 e. The molecule has 122 valence electrons. The van der Waals surface area contributed by atoms with Gasteiger partial charge in [-0.25, -0.2) is 13.6 Å². The van der Waals surface area contributed by atoms with E-state index in [9.17, 15) is 13.2 Å². The normalized spacial score (nSPS) is 18.9. The summed E-state index contributed by atoms with van der Waals surface area (Å²) in [6.45, 7) is 2.73. The Labute approximate surface area is 131 Å². The Bertz CT molecular complexity index is 610. The Morgan fingerprint density at radius 3 is 2.91 bits per heavy atom. The van der Waals surface area contributed by atoms with Crippen molar-refractivity contribution in [2.75, 3.05) is 19.6 Å². The third-order valence-corrected chi connectivity index (χ3v) is 4.53. The molecule has 1 amide bonds. The average Bonchev–Trinajstić information content (AvgIpc) is 2.47. The van der Waals surface area contributed by atoms with Crippen LogP contribution >= 0.6 is 0 Å². The number of sulfonamides is 1. The lowest BCUT2D eigenvalue weighted by molar-refractivity contribution is 0.0950. The van der Waals surface area contributed by atoms with Crippen LogP contribution in [-0.2, 0) is 15.8 Å². The van der Waals surface area contributed by atoms with E-state index in [2.05, 4.69) is 10.6 Å². The minimum absolute atomic E-state index is 0.181. The van der Waals surface area contributed by atoms with Crippen molar-refractivity contribution < 1.29 is 13.2 Å². The van der Waals surface area contributed by atoms with Gasteiger partial charge in [0.05, 0.1) is 5.75 Å². The molecule has 0 spiro atoms. The van der Waals surface area contributed by atoms with Gasteiger partial charge in [-0.1, -0.05) is 12.1 Å². The van der Waals surface area contributed by atoms with Crippen LogP contribution < -0.4 is 15.8 Å². The molecule has 7 heteroatoms. The number of carbonyl (C=O) groups is 1. The van der Waals surface area contributed by atoms with Crippen molar-refractivity contribution >= 4 is 15.9 Å². The van der Waals surface area contributed by atoms with Crippen molar-refractivity contribution in [2.24, 2.45) is 11.1 Å². The molecule has 4 N–H and O–H groups in total. The number of hydrogen-bond donors (Lipinski definition) is 3. The Morgan fingerprint density at radius 2 is 2.23 bits per heavy atom. The Kier molecular flexibility index (Phi) is 5.93. The highest BCUT2D eigenvalue weighted by molar-refractivity contribution is 7.88. The van der Waals surface area contributed by atoms with Gasteiger partial charge < -0.3 is 10.6 Å². The molecule has 1 aromatic carbocycles. The van der Waals surface area contributed by atoms with Crippen LogP contribution in [0, 0.1) is 5.92 Å². The van der Waals surface area contributed by atoms with Crippen LogP contribution in [-0.4, -0.2) is 34.0 Å². The maximum absolute atomic E-state index is 12.1. The lowest BCUT2D eigenvalue weighted by atomic mass is 9.96. The molecule has 2 rings (SSSR count). The summed E-state index contributed by atoms with van der Waals surface area (Å²) in [5, 5.41) is 11.3. The number of amides is 1. The van der Waals surface area contributed by atoms with Crippen LogP contribution in [0.3, 0.4) is 0 Å². The predicted molar refractivity (Wildman–Crippen MR) is 85.8 cm³/mol. The first-order chi connectivity index (χ1) is 10.4. The zero-order valence-electron chi connectivity index (χ0n) is 12.5. The summed E-state index contributed by atoms with van der Waals surface area (Å²) < 4.78 is 22.2. The highest BCUT2D eigenvalue weighted by atomic mass is 32.2. The number of piperidine rings is 1. The molecule has 1 aliphatic heterocycles. The molecule has 1 unspecified atom stereocenters. The number of carbonyl (C=O) groups excluding carboxylic acids is 1. The fraction of sp³-hybridized carbons (Fsp3) is 0.533. The van der Waals surface area contributed by atoms with Crippen molar-refractivity contribution in [1.29, 1.82) is 0 Å². The molecule has 22 heavy (non-hydrogen) atoms. The van der Waals surface area contributed by atoms with Crippen LogP contribution in [0.4, 0.5) is 0 Å². The first-order valence-electron chi connectivity index (χ1n) is 7.52. The third-order valence-electron chi connectivity index (χ3n) is 3.79. The second-order valence-corrected chi connectivity index (χ2v) is 7.38. The molecule has 6 nitrogen and oxygen atoms in total. The van der Waals surface area contributed by atoms with Gasteiger partial charge in [0.2, 0.25) is 10.0 Å². The van der Waals surface area contributed by atoms with Crippen molar-refractivity contribution in [1.82, 2.24) is 10.6 Å². The minimum Gasteiger partial charge on any atom is -0.352 e. The summed E-state index contributed by atoms with van der Waals surface area (Å²) in [5.41, 5.74) is 0.981. The highest BCUT2D eigenvalue weighted by Crippen LogP contribution is 2.13. The van der Waals surface area contributed by atoms with E-state index in [1.807, 2.05) is 0 Å². The van der Waals surface area contributed by atoms with Gasteiger partial charge in [0.1, 0.15) is 0 Å². The Hall–Kier alpha value is -1.44. The smallest absolute Gasteiger partial charge is 0.251 e. The van der Waals surface area contributed by atoms with Gasteiger partial charge in [-0.3, -0.25) is 4.79 Å². The third kappa shape index (κ3) is 5.75. The van der Waals surface area contributed by atoms with Crippen LogP contribution in [0.1, 0.15) is 35.2 Å². The van der Waals surface area contributed by atoms with Gasteiger partial charge in [-0.15, -0.1) is 0 Å². The first-order valence-corrected chi connectivity index (χ1v) is 9.24. The SMILES string of the molecule is NS(=O)(=O)Cc1cccc(C(=O)NCCC2CCCNC2)c1. The molecule has 1 atom stereocenters. The summed E-state index contributed by atoms with van der Waals surface area (Å²) in [7, 11) is -3.59. The molecule has 0 aliphatic carbocycles. The van der Waals surface area contributed by atoms with Gasteiger partial charge in [0.15, 0.2) is 0 Å². The molecule has 0 saturated carbocycles. The fourth-order valence-electron chi connectivity index (χ4n) is 2.70. The highest BCUT2D eigenvalue weighted by Gasteiger charge is 2.14. The molecule has 1 fully saturated rings. The minimum atomic E-state index is -3.59. The van der Waals surface area contributed by atoms with Crippen molar-refractivity contribution in [3.05, 3.63) is 35.4 Å². The maximum atomic E-state index is 12.1. The van der Waals surface area contributed by atoms with Crippen LogP contribution in [0.5, 0.6) is 0 Å². The summed E-state index contributed by atoms with van der Waals surface area (Å²) >= 11 is 0. The van der Waals surface area contributed by atoms with Gasteiger partial charge in [0, 0.05) is 12.1 Å². The van der Waals surface area contributed by atoms with E-state index in [1.165, 1.54) is 12.8 Å². The fourth-order valence-corrected chi connectivity index (χ4v) is 3.34. The van der Waals surface area contributed by atoms with Gasteiger partial charge in [0.25, 0.3) is 5.91 Å². The first kappa shape index (κ1) is 16.9. The van der Waals surface area contributed by atoms with E-state index in [-0.39, 0.29) is 11.7 Å². The second-order valence-electron chi connectivity index (χ2n) is 5.76. The molecule has 1 saturated heterocycles. The monoisotopic (exact) mass is 325 g/mol. The van der Waals surface area contributed by atoms with E-state index in [0.717, 1.165) is 19.5 Å². The van der Waals surface area contributed by atoms with E-state index >= 15 is 0 Å². The lowest BCUT2D eigenvalue weighted by Crippen LogP contribution is -2.33. The molecule has 1 heterocycles. The van der Waals surface area contributed by atoms with Crippen molar-refractivity contribution in [2.45, 2.75) is 25.0 Å². The average molecular weight is 325 g/mol. The number of hydrogen-bond acceptors (Lipinski definition) is 4. The zero-order chi connectivity index (χ0) is 16.0. The quantitative estimate of drug-likeness (QED) is 0.712. The molecule has 1 aliphatic rings. The Morgan fingerprint density at radius 1 is 1.41 bits per heavy atom. The number of nitrogens with two attached hydrogens (primary N) is 1. The second kappa shape index (κ2) is 7.71. The van der Waals surface area contributed by atoms with Crippen LogP contribution in [0.2, 0.25) is 0 Å². The molecule has 1 aromatic rings. The van der Waals surface area contributed by atoms with Crippen molar-refractivity contribution in [3.63, 3.8) is 0 Å². The summed E-state index contributed by atoms with van der Waals surface area (Å²) in [5.74, 6) is 0.171. The molecular weight excluding hydrogens is 302 g/mol. The topological polar surface area (TPSA) is 101 Å². The number of benzene rings is 1. The van der Waals surface area contributed by atoms with Crippen LogP contribution in [0.25, 0.3) is 0 Å². The largest absolute Gasteiger partial charge is 0.352 e. The number of primary sulfonamides is 1. The van der Waals surface area contributed by atoms with Gasteiger partial charge in [-0.05, 0) is 56.0 Å². The molecular formula is C15H23N3O3S. The van der Waals surface area contributed by atoms with E-state index in [4.69, 9.17) is 5.14 Å². The van der Waals surface area contributed by atoms with Gasteiger partial charge in [-0.2, -0.15) is 0 Å². The molecule has 0 bridgehead atoms. The summed E-state index contributed by atoms with van der Waals surface area (Å²) in [6, 6.07) is 6.56. The van der Waals surface area contributed by atoms with E-state index < -0.39 is 10.0 Å². The lowest BCUT2D eigenvalue weighted by Gasteiger charge is -2.22. The zero-order valence-corrected chi connectivity index (χ0v) is 13.4. The van der Waals surface area contributed by atoms with E-state index in [1.54, 1.807) is 24.3 Å². The predicted octanol–water partition coefficient (Wildman–Crippen LogP) is 0.595. The summed E-state index contributed by atoms with van der Waals surface area (Å²) in [4.78, 5) is 12.1. The number of nitrogens with one attached hydrogen (secondary N) is 2. The molecule has 0 radical (unpaired) electrons. The standard InChI is InChI=1S/C15H23N3O3S/c16-22(20,21)11-13-3-1-5-14(9-13)15(19)18-8-6-12-4-2-7-17-10-12/h1,3,5,9,12,17H,2,4,6-8,10-11H2,(H,18,19)(H2,16,20,21). The molecule has 0 aromatic heterocycles. The van der Waals surface area contributed by atoms with Gasteiger partial charge >= 0.3 is 0 Å². The summed E-state index contributed by atoms with van der Waals surface area (Å²) in [6.07, 6.45) is 3.34. The Balaban J connectivity index is 1.85. The van der Waals surface area contributed by atoms with Crippen molar-refractivity contribution in [3.8, 4) is 0 Å². The van der Waals surface area contributed by atoms with Crippen LogP contribution in [0.15, 0.2) is 24.3 Å². The van der Waals surface area contributed by atoms with E-state index in [0.29, 0.717) is 23.6 Å².